The standard InChI is InChI=1S/C14H17FN2O4S.ClH/c1-21-14(18)12-8-11(15)2-3-13(12)22(19,20)17-9-10-4-6-16-7-5-10;/h2-4,8,16-17H,5-7,9H2,1H3;1H. The molecule has 0 saturated heterocycles. The normalized spacial score (nSPS) is 14.6. The van der Waals surface area contributed by atoms with Crippen LogP contribution in [0.3, 0.4) is 0 Å². The highest BCUT2D eigenvalue weighted by Crippen LogP contribution is 2.18. The summed E-state index contributed by atoms with van der Waals surface area (Å²) in [6.07, 6.45) is 2.66. The summed E-state index contributed by atoms with van der Waals surface area (Å²) in [4.78, 5) is 11.3. The molecule has 9 heteroatoms. The maximum atomic E-state index is 13.3. The van der Waals surface area contributed by atoms with Crippen LogP contribution in [0, 0.1) is 5.82 Å². The van der Waals surface area contributed by atoms with Gasteiger partial charge >= 0.3 is 5.97 Å². The molecule has 0 aromatic heterocycles. The van der Waals surface area contributed by atoms with Crippen molar-refractivity contribution < 1.29 is 22.3 Å². The molecule has 0 atom stereocenters. The predicted molar refractivity (Wildman–Crippen MR) is 85.7 cm³/mol. The van der Waals surface area contributed by atoms with E-state index in [0.29, 0.717) is 6.54 Å². The van der Waals surface area contributed by atoms with Crippen molar-refractivity contribution in [2.75, 3.05) is 26.7 Å². The van der Waals surface area contributed by atoms with Gasteiger partial charge in [0.25, 0.3) is 0 Å². The number of carbonyl (C=O) groups excluding carboxylic acids is 1. The van der Waals surface area contributed by atoms with Gasteiger partial charge in [-0.05, 0) is 31.2 Å². The Morgan fingerprint density at radius 1 is 1.43 bits per heavy atom. The maximum Gasteiger partial charge on any atom is 0.339 e. The summed E-state index contributed by atoms with van der Waals surface area (Å²) < 4.78 is 44.9. The van der Waals surface area contributed by atoms with E-state index in [2.05, 4.69) is 14.8 Å². The highest BCUT2D eigenvalue weighted by molar-refractivity contribution is 7.89. The molecule has 2 N–H and O–H groups in total. The minimum Gasteiger partial charge on any atom is -0.465 e. The number of sulfonamides is 1. The molecule has 0 amide bonds. The summed E-state index contributed by atoms with van der Waals surface area (Å²) >= 11 is 0. The van der Waals surface area contributed by atoms with E-state index in [-0.39, 0.29) is 29.4 Å². The van der Waals surface area contributed by atoms with Gasteiger partial charge in [0.05, 0.1) is 17.6 Å². The molecule has 0 spiro atoms. The van der Waals surface area contributed by atoms with E-state index in [1.54, 1.807) is 0 Å². The predicted octanol–water partition coefficient (Wildman–Crippen LogP) is 1.23. The Kier molecular flexibility index (Phi) is 7.14. The van der Waals surface area contributed by atoms with Gasteiger partial charge in [-0.3, -0.25) is 0 Å². The Labute approximate surface area is 140 Å². The van der Waals surface area contributed by atoms with E-state index >= 15 is 0 Å². The van der Waals surface area contributed by atoms with Crippen molar-refractivity contribution in [3.05, 3.63) is 41.2 Å². The van der Waals surface area contributed by atoms with Gasteiger partial charge in [-0.25, -0.2) is 22.3 Å². The smallest absolute Gasteiger partial charge is 0.339 e. The van der Waals surface area contributed by atoms with Gasteiger partial charge < -0.3 is 10.1 Å². The van der Waals surface area contributed by atoms with Crippen LogP contribution in [-0.2, 0) is 14.8 Å². The lowest BCUT2D eigenvalue weighted by molar-refractivity contribution is 0.0595. The number of ether oxygens (including phenoxy) is 1. The van der Waals surface area contributed by atoms with Crippen LogP contribution in [0.15, 0.2) is 34.7 Å². The number of hydrogen-bond acceptors (Lipinski definition) is 5. The molecular formula is C14H18ClFN2O4S. The fraction of sp³-hybridized carbons (Fsp3) is 0.357. The second-order valence-corrected chi connectivity index (χ2v) is 6.51. The highest BCUT2D eigenvalue weighted by atomic mass is 35.5. The second-order valence-electron chi connectivity index (χ2n) is 4.77. The number of methoxy groups -OCH3 is 1. The van der Waals surface area contributed by atoms with Crippen molar-refractivity contribution in [2.45, 2.75) is 11.3 Å². The zero-order valence-corrected chi connectivity index (χ0v) is 14.1. The Morgan fingerprint density at radius 2 is 2.17 bits per heavy atom. The number of hydrogen-bond donors (Lipinski definition) is 2. The third kappa shape index (κ3) is 5.00. The molecule has 1 heterocycles. The first kappa shape index (κ1) is 19.6. The zero-order chi connectivity index (χ0) is 16.2. The quantitative estimate of drug-likeness (QED) is 0.606. The minimum atomic E-state index is -3.94. The average molecular weight is 365 g/mol. The number of esters is 1. The van der Waals surface area contributed by atoms with Gasteiger partial charge in [0.1, 0.15) is 5.82 Å². The van der Waals surface area contributed by atoms with Crippen LogP contribution in [0.4, 0.5) is 4.39 Å². The average Bonchev–Trinajstić information content (AvgIpc) is 2.53. The van der Waals surface area contributed by atoms with E-state index < -0.39 is 21.8 Å². The first-order chi connectivity index (χ1) is 10.4. The maximum absolute atomic E-state index is 13.3. The fourth-order valence-corrected chi connectivity index (χ4v) is 3.31. The lowest BCUT2D eigenvalue weighted by Crippen LogP contribution is -2.30. The molecule has 23 heavy (non-hydrogen) atoms. The summed E-state index contributed by atoms with van der Waals surface area (Å²) in [5.74, 6) is -1.61. The van der Waals surface area contributed by atoms with Gasteiger partial charge in [-0.2, -0.15) is 0 Å². The van der Waals surface area contributed by atoms with Crippen molar-refractivity contribution >= 4 is 28.4 Å². The molecule has 1 aliphatic heterocycles. The molecule has 1 aliphatic rings. The summed E-state index contributed by atoms with van der Waals surface area (Å²) in [6.45, 7) is 1.64. The van der Waals surface area contributed by atoms with E-state index in [1.807, 2.05) is 6.08 Å². The molecule has 0 radical (unpaired) electrons. The van der Waals surface area contributed by atoms with Gasteiger partial charge in [0.2, 0.25) is 10.0 Å². The van der Waals surface area contributed by atoms with E-state index in [1.165, 1.54) is 0 Å². The molecule has 1 aromatic rings. The van der Waals surface area contributed by atoms with Gasteiger partial charge in [-0.15, -0.1) is 12.4 Å². The molecule has 0 saturated carbocycles. The molecule has 1 aromatic carbocycles. The van der Waals surface area contributed by atoms with Crippen molar-refractivity contribution in [3.63, 3.8) is 0 Å². The second kappa shape index (κ2) is 8.39. The number of halogens is 2. The summed E-state index contributed by atoms with van der Waals surface area (Å²) in [7, 11) is -2.83. The van der Waals surface area contributed by atoms with Crippen LogP contribution in [0.5, 0.6) is 0 Å². The van der Waals surface area contributed by atoms with Crippen molar-refractivity contribution in [2.24, 2.45) is 0 Å². The first-order valence-corrected chi connectivity index (χ1v) is 8.18. The molecule has 2 rings (SSSR count). The SMILES string of the molecule is COC(=O)c1cc(F)ccc1S(=O)(=O)NCC1=CCNCC1.Cl. The lowest BCUT2D eigenvalue weighted by Gasteiger charge is -2.15. The third-order valence-electron chi connectivity index (χ3n) is 3.28. The third-order valence-corrected chi connectivity index (χ3v) is 4.74. The van der Waals surface area contributed by atoms with Crippen LogP contribution >= 0.6 is 12.4 Å². The Bertz CT molecular complexity index is 707. The Balaban J connectivity index is 0.00000264. The van der Waals surface area contributed by atoms with Crippen LogP contribution in [0.1, 0.15) is 16.8 Å². The topological polar surface area (TPSA) is 84.5 Å². The highest BCUT2D eigenvalue weighted by Gasteiger charge is 2.23. The van der Waals surface area contributed by atoms with Crippen LogP contribution < -0.4 is 10.0 Å². The molecule has 6 nitrogen and oxygen atoms in total. The molecule has 0 unspecified atom stereocenters. The zero-order valence-electron chi connectivity index (χ0n) is 12.5. The van der Waals surface area contributed by atoms with E-state index in [9.17, 15) is 17.6 Å². The van der Waals surface area contributed by atoms with Crippen LogP contribution in [0.25, 0.3) is 0 Å². The fourth-order valence-electron chi connectivity index (χ4n) is 2.10. The molecule has 0 bridgehead atoms. The summed E-state index contributed by atoms with van der Waals surface area (Å²) in [6, 6.07) is 2.90. The van der Waals surface area contributed by atoms with Crippen molar-refractivity contribution in [3.8, 4) is 0 Å². The summed E-state index contributed by atoms with van der Waals surface area (Å²) in [5, 5.41) is 3.12. The number of rotatable bonds is 5. The van der Waals surface area contributed by atoms with Crippen molar-refractivity contribution in [1.82, 2.24) is 10.0 Å². The molecule has 128 valence electrons. The first-order valence-electron chi connectivity index (χ1n) is 6.70. The number of nitrogens with one attached hydrogen (secondary N) is 2. The van der Waals surface area contributed by atoms with Crippen LogP contribution in [-0.4, -0.2) is 41.1 Å². The number of benzene rings is 1. The largest absolute Gasteiger partial charge is 0.465 e. The van der Waals surface area contributed by atoms with Crippen LogP contribution in [0.2, 0.25) is 0 Å². The van der Waals surface area contributed by atoms with Gasteiger partial charge in [0, 0.05) is 13.1 Å². The van der Waals surface area contributed by atoms with Crippen molar-refractivity contribution in [1.29, 1.82) is 0 Å². The monoisotopic (exact) mass is 364 g/mol. The van der Waals surface area contributed by atoms with Gasteiger partial charge in [-0.1, -0.05) is 11.6 Å². The van der Waals surface area contributed by atoms with E-state index in [0.717, 1.165) is 43.8 Å². The molecular weight excluding hydrogens is 347 g/mol. The Morgan fingerprint density at radius 3 is 2.78 bits per heavy atom. The number of carbonyl (C=O) groups is 1. The lowest BCUT2D eigenvalue weighted by atomic mass is 10.1. The molecule has 0 aliphatic carbocycles. The molecule has 0 fully saturated rings. The Hall–Kier alpha value is -1.48. The minimum absolute atomic E-state index is 0. The van der Waals surface area contributed by atoms with E-state index in [4.69, 9.17) is 0 Å². The summed E-state index contributed by atoms with van der Waals surface area (Å²) in [5.41, 5.74) is 0.637. The van der Waals surface area contributed by atoms with Gasteiger partial charge in [0.15, 0.2) is 0 Å².